The van der Waals surface area contributed by atoms with Crippen molar-refractivity contribution in [1.29, 1.82) is 0 Å². The molecule has 0 fully saturated rings. The molecule has 0 saturated carbocycles. The first-order valence-corrected chi connectivity index (χ1v) is 6.62. The number of aliphatic hydroxyl groups excluding tert-OH is 1. The van der Waals surface area contributed by atoms with Crippen molar-refractivity contribution in [3.05, 3.63) is 35.4 Å². The molecule has 4 N–H and O–H groups in total. The second-order valence-electron chi connectivity index (χ2n) is 6.30. The Kier molecular flexibility index (Phi) is 3.65. The molecule has 1 amide bonds. The van der Waals surface area contributed by atoms with Crippen molar-refractivity contribution in [2.24, 2.45) is 11.1 Å². The van der Waals surface area contributed by atoms with Crippen LogP contribution >= 0.6 is 0 Å². The van der Waals surface area contributed by atoms with Crippen LogP contribution in [0.4, 0.5) is 0 Å². The van der Waals surface area contributed by atoms with E-state index in [0.29, 0.717) is 6.42 Å². The van der Waals surface area contributed by atoms with Gasteiger partial charge in [-0.15, -0.1) is 0 Å². The van der Waals surface area contributed by atoms with Crippen LogP contribution in [0.15, 0.2) is 24.3 Å². The number of benzene rings is 1. The molecule has 0 radical (unpaired) electrons. The fourth-order valence-corrected chi connectivity index (χ4v) is 2.38. The SMILES string of the molecule is CC(C)(C)C(N)C(=O)N[C@H]1c2ccccc2C[C@H]1O. The molecule has 1 aromatic carbocycles. The van der Waals surface area contributed by atoms with Gasteiger partial charge in [0.2, 0.25) is 5.91 Å². The molecular weight excluding hydrogens is 240 g/mol. The summed E-state index contributed by atoms with van der Waals surface area (Å²) in [7, 11) is 0. The number of nitrogens with one attached hydrogen (secondary N) is 1. The largest absolute Gasteiger partial charge is 0.390 e. The summed E-state index contributed by atoms with van der Waals surface area (Å²) in [5.74, 6) is -0.215. The highest BCUT2D eigenvalue weighted by atomic mass is 16.3. The van der Waals surface area contributed by atoms with Crippen molar-refractivity contribution >= 4 is 5.91 Å². The maximum absolute atomic E-state index is 12.2. The number of hydrogen-bond acceptors (Lipinski definition) is 3. The molecule has 0 bridgehead atoms. The van der Waals surface area contributed by atoms with Crippen molar-refractivity contribution in [3.63, 3.8) is 0 Å². The van der Waals surface area contributed by atoms with Crippen molar-refractivity contribution in [2.75, 3.05) is 0 Å². The number of amides is 1. The van der Waals surface area contributed by atoms with Gasteiger partial charge in [0.15, 0.2) is 0 Å². The highest BCUT2D eigenvalue weighted by molar-refractivity contribution is 5.83. The predicted molar refractivity (Wildman–Crippen MR) is 74.5 cm³/mol. The van der Waals surface area contributed by atoms with Crippen molar-refractivity contribution < 1.29 is 9.90 Å². The molecular formula is C15H22N2O2. The Balaban J connectivity index is 2.14. The number of hydrogen-bond donors (Lipinski definition) is 3. The molecule has 104 valence electrons. The molecule has 0 saturated heterocycles. The van der Waals surface area contributed by atoms with Crippen LogP contribution in [0.1, 0.15) is 37.9 Å². The molecule has 0 heterocycles. The van der Waals surface area contributed by atoms with Gasteiger partial charge in [0.1, 0.15) is 0 Å². The number of carbonyl (C=O) groups is 1. The average molecular weight is 262 g/mol. The molecule has 1 aliphatic carbocycles. The molecule has 3 atom stereocenters. The Labute approximate surface area is 114 Å². The summed E-state index contributed by atoms with van der Waals surface area (Å²) in [5.41, 5.74) is 7.72. The second kappa shape index (κ2) is 4.94. The third-order valence-corrected chi connectivity index (χ3v) is 3.72. The van der Waals surface area contributed by atoms with Crippen molar-refractivity contribution in [3.8, 4) is 0 Å². The maximum Gasteiger partial charge on any atom is 0.238 e. The van der Waals surface area contributed by atoms with Gasteiger partial charge in [-0.2, -0.15) is 0 Å². The third kappa shape index (κ3) is 2.80. The van der Waals surface area contributed by atoms with E-state index in [9.17, 15) is 9.90 Å². The van der Waals surface area contributed by atoms with E-state index in [0.717, 1.165) is 11.1 Å². The summed E-state index contributed by atoms with van der Waals surface area (Å²) in [6, 6.07) is 6.84. The van der Waals surface area contributed by atoms with E-state index in [1.165, 1.54) is 0 Å². The van der Waals surface area contributed by atoms with Gasteiger partial charge in [-0.05, 0) is 16.5 Å². The molecule has 1 unspecified atom stereocenters. The van der Waals surface area contributed by atoms with E-state index in [4.69, 9.17) is 5.73 Å². The first kappa shape index (κ1) is 14.0. The molecule has 2 rings (SSSR count). The number of rotatable bonds is 2. The number of nitrogens with two attached hydrogens (primary N) is 1. The van der Waals surface area contributed by atoms with Crippen molar-refractivity contribution in [2.45, 2.75) is 45.4 Å². The van der Waals surface area contributed by atoms with Crippen LogP contribution in [0, 0.1) is 5.41 Å². The fraction of sp³-hybridized carbons (Fsp3) is 0.533. The lowest BCUT2D eigenvalue weighted by atomic mass is 9.86. The monoisotopic (exact) mass is 262 g/mol. The summed E-state index contributed by atoms with van der Waals surface area (Å²) >= 11 is 0. The van der Waals surface area contributed by atoms with Crippen LogP contribution < -0.4 is 11.1 Å². The summed E-state index contributed by atoms with van der Waals surface area (Å²) in [6.45, 7) is 5.78. The standard InChI is InChI=1S/C15H22N2O2/c1-15(2,3)13(16)14(19)17-12-10-7-5-4-6-9(10)8-11(12)18/h4-7,11-13,18H,8,16H2,1-3H3,(H,17,19)/t11-,12+,13?/m1/s1. The van der Waals surface area contributed by atoms with Gasteiger partial charge in [-0.1, -0.05) is 45.0 Å². The third-order valence-electron chi connectivity index (χ3n) is 3.72. The molecule has 0 spiro atoms. The number of aliphatic hydroxyl groups is 1. The zero-order chi connectivity index (χ0) is 14.2. The van der Waals surface area contributed by atoms with Gasteiger partial charge in [0.05, 0.1) is 18.2 Å². The van der Waals surface area contributed by atoms with Gasteiger partial charge in [-0.3, -0.25) is 4.79 Å². The van der Waals surface area contributed by atoms with Gasteiger partial charge in [0, 0.05) is 6.42 Å². The van der Waals surface area contributed by atoms with Gasteiger partial charge < -0.3 is 16.2 Å². The minimum Gasteiger partial charge on any atom is -0.390 e. The lowest BCUT2D eigenvalue weighted by molar-refractivity contribution is -0.126. The predicted octanol–water partition coefficient (Wildman–Crippen LogP) is 1.13. The van der Waals surface area contributed by atoms with Crippen LogP contribution in [0.5, 0.6) is 0 Å². The average Bonchev–Trinajstić information content (AvgIpc) is 2.64. The van der Waals surface area contributed by atoms with E-state index < -0.39 is 12.1 Å². The molecule has 1 aromatic rings. The van der Waals surface area contributed by atoms with E-state index in [2.05, 4.69) is 5.32 Å². The Morgan fingerprint density at radius 1 is 1.42 bits per heavy atom. The van der Waals surface area contributed by atoms with Crippen LogP contribution in [0.2, 0.25) is 0 Å². The molecule has 0 aromatic heterocycles. The van der Waals surface area contributed by atoms with Gasteiger partial charge in [0.25, 0.3) is 0 Å². The van der Waals surface area contributed by atoms with Crippen molar-refractivity contribution in [1.82, 2.24) is 5.32 Å². The molecule has 19 heavy (non-hydrogen) atoms. The van der Waals surface area contributed by atoms with E-state index >= 15 is 0 Å². The van der Waals surface area contributed by atoms with Crippen LogP contribution in [0.25, 0.3) is 0 Å². The summed E-state index contributed by atoms with van der Waals surface area (Å²) in [6.07, 6.45) is -0.000172. The smallest absolute Gasteiger partial charge is 0.238 e. The Morgan fingerprint density at radius 2 is 2.05 bits per heavy atom. The number of fused-ring (bicyclic) bond motifs is 1. The minimum atomic E-state index is -0.590. The highest BCUT2D eigenvalue weighted by Gasteiger charge is 2.35. The van der Waals surface area contributed by atoms with Crippen LogP contribution in [-0.4, -0.2) is 23.2 Å². The molecule has 0 aliphatic heterocycles. The second-order valence-corrected chi connectivity index (χ2v) is 6.30. The van der Waals surface area contributed by atoms with Crippen LogP contribution in [0.3, 0.4) is 0 Å². The Morgan fingerprint density at radius 3 is 2.68 bits per heavy atom. The quantitative estimate of drug-likeness (QED) is 0.748. The number of carbonyl (C=O) groups excluding carboxylic acids is 1. The zero-order valence-corrected chi connectivity index (χ0v) is 11.7. The van der Waals surface area contributed by atoms with Crippen LogP contribution in [-0.2, 0) is 11.2 Å². The first-order valence-electron chi connectivity index (χ1n) is 6.62. The maximum atomic E-state index is 12.2. The van der Waals surface area contributed by atoms with E-state index in [1.807, 2.05) is 45.0 Å². The molecule has 1 aliphatic rings. The topological polar surface area (TPSA) is 75.4 Å². The Bertz CT molecular complexity index is 479. The Hall–Kier alpha value is -1.39. The minimum absolute atomic E-state index is 0.215. The van der Waals surface area contributed by atoms with Gasteiger partial charge >= 0.3 is 0 Å². The zero-order valence-electron chi connectivity index (χ0n) is 11.7. The highest BCUT2D eigenvalue weighted by Crippen LogP contribution is 2.31. The van der Waals surface area contributed by atoms with E-state index in [-0.39, 0.29) is 17.4 Å². The summed E-state index contributed by atoms with van der Waals surface area (Å²) in [5, 5.41) is 13.0. The lowest BCUT2D eigenvalue weighted by Crippen LogP contribution is -2.50. The lowest BCUT2D eigenvalue weighted by Gasteiger charge is -2.28. The molecule has 4 heteroatoms. The normalized spacial score (nSPS) is 23.8. The summed E-state index contributed by atoms with van der Waals surface area (Å²) < 4.78 is 0. The molecule has 4 nitrogen and oxygen atoms in total. The summed E-state index contributed by atoms with van der Waals surface area (Å²) in [4.78, 5) is 12.2. The first-order chi connectivity index (χ1) is 8.80. The van der Waals surface area contributed by atoms with E-state index in [1.54, 1.807) is 0 Å². The fourth-order valence-electron chi connectivity index (χ4n) is 2.38. The van der Waals surface area contributed by atoms with Gasteiger partial charge in [-0.25, -0.2) is 0 Å².